The third kappa shape index (κ3) is 2.04. The quantitative estimate of drug-likeness (QED) is 0.488. The number of hydrogen-bond acceptors (Lipinski definition) is 2. The molecular weight excluding hydrogens is 284 g/mol. The maximum Gasteiger partial charge on any atom is 0.227 e. The fourth-order valence-corrected chi connectivity index (χ4v) is 3.17. The van der Waals surface area contributed by atoms with E-state index in [2.05, 4.69) is 66.8 Å². The Morgan fingerprint density at radius 2 is 1.70 bits per heavy atom. The van der Waals surface area contributed by atoms with E-state index in [1.807, 2.05) is 13.0 Å². The second-order valence-corrected chi connectivity index (χ2v) is 6.15. The van der Waals surface area contributed by atoms with Crippen molar-refractivity contribution in [3.05, 3.63) is 59.4 Å². The Hall–Kier alpha value is -2.68. The molecule has 1 aromatic carbocycles. The van der Waals surface area contributed by atoms with Gasteiger partial charge in [-0.1, -0.05) is 12.1 Å². The van der Waals surface area contributed by atoms with Crippen LogP contribution in [0.1, 0.15) is 17.0 Å². The molecule has 0 amide bonds. The number of aryl methyl sites for hydroxylation is 3. The molecule has 4 rings (SSSR count). The maximum absolute atomic E-state index is 6.17. The van der Waals surface area contributed by atoms with Gasteiger partial charge in [0, 0.05) is 35.5 Å². The number of benzene rings is 1. The highest BCUT2D eigenvalue weighted by atomic mass is 16.3. The van der Waals surface area contributed by atoms with E-state index >= 15 is 0 Å². The lowest BCUT2D eigenvalue weighted by Crippen LogP contribution is -2.34. The van der Waals surface area contributed by atoms with Crippen molar-refractivity contribution in [3.8, 4) is 11.3 Å². The van der Waals surface area contributed by atoms with E-state index in [4.69, 9.17) is 4.42 Å². The molecule has 4 aromatic rings. The molecule has 0 atom stereocenters. The smallest absolute Gasteiger partial charge is 0.227 e. The van der Waals surface area contributed by atoms with Crippen LogP contribution in [0.2, 0.25) is 0 Å². The SMILES string of the molecule is Cc1ccc2c(n1)oc1c(-c3cccc(C)[n+]3C)c(C)ccc12. The first kappa shape index (κ1) is 13.9. The van der Waals surface area contributed by atoms with E-state index < -0.39 is 0 Å². The Morgan fingerprint density at radius 3 is 2.52 bits per heavy atom. The molecule has 0 saturated carbocycles. The number of fused-ring (bicyclic) bond motifs is 3. The Morgan fingerprint density at radius 1 is 0.913 bits per heavy atom. The topological polar surface area (TPSA) is 29.9 Å². The second-order valence-electron chi connectivity index (χ2n) is 6.15. The number of pyridine rings is 2. The average molecular weight is 303 g/mol. The van der Waals surface area contributed by atoms with Crippen LogP contribution in [0.5, 0.6) is 0 Å². The maximum atomic E-state index is 6.17. The van der Waals surface area contributed by atoms with Gasteiger partial charge >= 0.3 is 0 Å². The highest BCUT2D eigenvalue weighted by Crippen LogP contribution is 2.36. The van der Waals surface area contributed by atoms with Crippen LogP contribution in [0, 0.1) is 20.8 Å². The first-order valence-electron chi connectivity index (χ1n) is 7.82. The van der Waals surface area contributed by atoms with Crippen molar-refractivity contribution >= 4 is 22.1 Å². The lowest BCUT2D eigenvalue weighted by atomic mass is 10.0. The van der Waals surface area contributed by atoms with Crippen LogP contribution < -0.4 is 4.57 Å². The van der Waals surface area contributed by atoms with Crippen LogP contribution in [-0.4, -0.2) is 4.98 Å². The standard InChI is InChI=1S/C20H19N2O/c1-12-8-10-15-16-11-9-13(2)21-20(16)23-19(15)18(12)17-7-5-6-14(3)22(17)4/h5-11H,1-4H3/q+1. The van der Waals surface area contributed by atoms with Crippen LogP contribution in [0.15, 0.2) is 46.9 Å². The van der Waals surface area contributed by atoms with Crippen molar-refractivity contribution in [3.63, 3.8) is 0 Å². The van der Waals surface area contributed by atoms with Crippen molar-refractivity contribution in [2.45, 2.75) is 20.8 Å². The van der Waals surface area contributed by atoms with Gasteiger partial charge in [-0.2, -0.15) is 4.57 Å². The zero-order chi connectivity index (χ0) is 16.1. The van der Waals surface area contributed by atoms with E-state index in [0.29, 0.717) is 5.71 Å². The monoisotopic (exact) mass is 303 g/mol. The minimum Gasteiger partial charge on any atom is -0.437 e. The lowest BCUT2D eigenvalue weighted by Gasteiger charge is -2.06. The Bertz CT molecular complexity index is 1060. The summed E-state index contributed by atoms with van der Waals surface area (Å²) in [6, 6.07) is 14.8. The van der Waals surface area contributed by atoms with Crippen molar-refractivity contribution in [1.29, 1.82) is 0 Å². The molecule has 0 fully saturated rings. The molecule has 0 aliphatic carbocycles. The molecule has 0 radical (unpaired) electrons. The van der Waals surface area contributed by atoms with Crippen LogP contribution in [0.3, 0.4) is 0 Å². The summed E-state index contributed by atoms with van der Waals surface area (Å²) in [6.07, 6.45) is 0. The van der Waals surface area contributed by atoms with Crippen molar-refractivity contribution < 1.29 is 8.98 Å². The molecular formula is C20H19N2O+. The fourth-order valence-electron chi connectivity index (χ4n) is 3.17. The second kappa shape index (κ2) is 4.92. The van der Waals surface area contributed by atoms with Crippen LogP contribution in [0.4, 0.5) is 0 Å². The van der Waals surface area contributed by atoms with Gasteiger partial charge in [-0.25, -0.2) is 4.98 Å². The molecule has 0 saturated heterocycles. The van der Waals surface area contributed by atoms with E-state index in [0.717, 1.165) is 33.3 Å². The molecule has 3 heterocycles. The van der Waals surface area contributed by atoms with Gasteiger partial charge < -0.3 is 4.42 Å². The van der Waals surface area contributed by atoms with Crippen LogP contribution >= 0.6 is 0 Å². The molecule has 3 aromatic heterocycles. The molecule has 0 unspecified atom stereocenters. The summed E-state index contributed by atoms with van der Waals surface area (Å²) in [5.41, 5.74) is 7.31. The predicted molar refractivity (Wildman–Crippen MR) is 92.3 cm³/mol. The largest absolute Gasteiger partial charge is 0.437 e. The number of nitrogens with zero attached hydrogens (tertiary/aromatic N) is 2. The van der Waals surface area contributed by atoms with Crippen LogP contribution in [0.25, 0.3) is 33.3 Å². The molecule has 114 valence electrons. The minimum atomic E-state index is 0.710. The normalized spacial score (nSPS) is 11.5. The van der Waals surface area contributed by atoms with Gasteiger partial charge in [0.25, 0.3) is 0 Å². The molecule has 0 bridgehead atoms. The summed E-state index contributed by atoms with van der Waals surface area (Å²) >= 11 is 0. The number of rotatable bonds is 1. The summed E-state index contributed by atoms with van der Waals surface area (Å²) < 4.78 is 8.37. The number of hydrogen-bond donors (Lipinski definition) is 0. The third-order valence-electron chi connectivity index (χ3n) is 4.59. The predicted octanol–water partition coefficient (Wildman–Crippen LogP) is 4.40. The zero-order valence-corrected chi connectivity index (χ0v) is 13.8. The van der Waals surface area contributed by atoms with Gasteiger partial charge in [-0.15, -0.1) is 0 Å². The molecule has 0 aliphatic rings. The highest BCUT2D eigenvalue weighted by Gasteiger charge is 2.21. The molecule has 0 spiro atoms. The van der Waals surface area contributed by atoms with Gasteiger partial charge in [-0.05, 0) is 37.6 Å². The molecule has 3 heteroatoms. The molecule has 0 N–H and O–H groups in total. The van der Waals surface area contributed by atoms with Crippen molar-refractivity contribution in [2.24, 2.45) is 7.05 Å². The van der Waals surface area contributed by atoms with E-state index in [-0.39, 0.29) is 0 Å². The molecule has 23 heavy (non-hydrogen) atoms. The van der Waals surface area contributed by atoms with E-state index in [1.165, 1.54) is 11.3 Å². The number of furan rings is 1. The zero-order valence-electron chi connectivity index (χ0n) is 13.8. The van der Waals surface area contributed by atoms with Crippen molar-refractivity contribution in [2.75, 3.05) is 0 Å². The Balaban J connectivity index is 2.15. The summed E-state index contributed by atoms with van der Waals surface area (Å²) in [5, 5.41) is 2.19. The fraction of sp³-hybridized carbons (Fsp3) is 0.200. The van der Waals surface area contributed by atoms with Gasteiger partial charge in [0.05, 0.1) is 5.56 Å². The summed E-state index contributed by atoms with van der Waals surface area (Å²) in [4.78, 5) is 4.54. The highest BCUT2D eigenvalue weighted by molar-refractivity contribution is 6.08. The van der Waals surface area contributed by atoms with Crippen molar-refractivity contribution in [1.82, 2.24) is 4.98 Å². The lowest BCUT2D eigenvalue weighted by molar-refractivity contribution is -0.666. The van der Waals surface area contributed by atoms with Gasteiger partial charge in [0.15, 0.2) is 11.3 Å². The van der Waals surface area contributed by atoms with Gasteiger partial charge in [0.2, 0.25) is 11.4 Å². The van der Waals surface area contributed by atoms with Crippen LogP contribution in [-0.2, 0) is 7.05 Å². The molecule has 3 nitrogen and oxygen atoms in total. The summed E-state index contributed by atoms with van der Waals surface area (Å²) in [5.74, 6) is 0. The average Bonchev–Trinajstić information content (AvgIpc) is 2.88. The summed E-state index contributed by atoms with van der Waals surface area (Å²) in [7, 11) is 2.09. The Labute approximate surface area is 135 Å². The third-order valence-corrected chi connectivity index (χ3v) is 4.59. The molecule has 0 aliphatic heterocycles. The van der Waals surface area contributed by atoms with E-state index in [9.17, 15) is 0 Å². The van der Waals surface area contributed by atoms with E-state index in [1.54, 1.807) is 0 Å². The van der Waals surface area contributed by atoms with Gasteiger partial charge in [0.1, 0.15) is 7.05 Å². The first-order valence-corrected chi connectivity index (χ1v) is 7.82. The number of aromatic nitrogens is 2. The van der Waals surface area contributed by atoms with Gasteiger partial charge in [-0.3, -0.25) is 0 Å². The summed E-state index contributed by atoms with van der Waals surface area (Å²) in [6.45, 7) is 6.23. The first-order chi connectivity index (χ1) is 11.1. The Kier molecular flexibility index (Phi) is 2.98. The minimum absolute atomic E-state index is 0.710.